The summed E-state index contributed by atoms with van der Waals surface area (Å²) in [7, 11) is 0. The maximum absolute atomic E-state index is 12.9. The summed E-state index contributed by atoms with van der Waals surface area (Å²) in [4.78, 5) is 25.3. The zero-order valence-corrected chi connectivity index (χ0v) is 16.6. The van der Waals surface area contributed by atoms with Crippen molar-refractivity contribution >= 4 is 11.6 Å². The third-order valence-electron chi connectivity index (χ3n) is 4.64. The molecule has 154 valence electrons. The minimum absolute atomic E-state index is 0.0221. The molecular formula is C24H24N2O4. The molecular weight excluding hydrogens is 380 g/mol. The number of nitro benzene ring substituents is 1. The first kappa shape index (κ1) is 21.0. The lowest BCUT2D eigenvalue weighted by molar-refractivity contribution is -0.385. The quantitative estimate of drug-likeness (QED) is 0.271. The number of amides is 1. The fourth-order valence-electron chi connectivity index (χ4n) is 3.13. The summed E-state index contributed by atoms with van der Waals surface area (Å²) >= 11 is 0. The number of benzene rings is 3. The van der Waals surface area contributed by atoms with Gasteiger partial charge >= 0.3 is 5.69 Å². The molecule has 1 amide bonds. The van der Waals surface area contributed by atoms with Crippen molar-refractivity contribution in [2.24, 2.45) is 0 Å². The summed E-state index contributed by atoms with van der Waals surface area (Å²) in [6.45, 7) is 1.29. The third-order valence-corrected chi connectivity index (χ3v) is 4.64. The number of nitrogens with zero attached hydrogens (tertiary/aromatic N) is 2. The van der Waals surface area contributed by atoms with E-state index < -0.39 is 4.92 Å². The summed E-state index contributed by atoms with van der Waals surface area (Å²) < 4.78 is 5.55. The van der Waals surface area contributed by atoms with Gasteiger partial charge in [0, 0.05) is 25.6 Å². The average Bonchev–Trinajstić information content (AvgIpc) is 2.77. The summed E-state index contributed by atoms with van der Waals surface area (Å²) in [5.41, 5.74) is 2.06. The second-order valence-corrected chi connectivity index (χ2v) is 6.90. The van der Waals surface area contributed by atoms with E-state index in [2.05, 4.69) is 0 Å². The number of ether oxygens (including phenoxy) is 1. The molecule has 0 bridgehead atoms. The first-order valence-corrected chi connectivity index (χ1v) is 9.85. The van der Waals surface area contributed by atoms with Crippen LogP contribution in [0.15, 0.2) is 84.9 Å². The van der Waals surface area contributed by atoms with E-state index in [1.165, 1.54) is 6.07 Å². The summed E-state index contributed by atoms with van der Waals surface area (Å²) in [6, 6.07) is 26.0. The number of hydrogen-bond donors (Lipinski definition) is 0. The lowest BCUT2D eigenvalue weighted by Crippen LogP contribution is -2.30. The standard InChI is InChI=1S/C24H24N2O4/c27-24(16-9-17-30-23-15-8-7-14-22(23)26(28)29)25(18-20-10-3-1-4-11-20)19-21-12-5-2-6-13-21/h1-8,10-15H,9,16-19H2. The first-order valence-electron chi connectivity index (χ1n) is 9.85. The minimum atomic E-state index is -0.470. The van der Waals surface area contributed by atoms with Gasteiger partial charge in [-0.15, -0.1) is 0 Å². The Bertz CT molecular complexity index is 920. The van der Waals surface area contributed by atoms with Crippen LogP contribution in [0.3, 0.4) is 0 Å². The largest absolute Gasteiger partial charge is 0.487 e. The van der Waals surface area contributed by atoms with Crippen molar-refractivity contribution < 1.29 is 14.5 Å². The molecule has 0 radical (unpaired) electrons. The number of carbonyl (C=O) groups is 1. The van der Waals surface area contributed by atoms with Gasteiger partial charge in [0.15, 0.2) is 5.75 Å². The lowest BCUT2D eigenvalue weighted by atomic mass is 10.1. The maximum atomic E-state index is 12.9. The van der Waals surface area contributed by atoms with E-state index >= 15 is 0 Å². The average molecular weight is 404 g/mol. The molecule has 0 N–H and O–H groups in total. The molecule has 0 spiro atoms. The van der Waals surface area contributed by atoms with Gasteiger partial charge in [-0.25, -0.2) is 0 Å². The van der Waals surface area contributed by atoms with E-state index in [-0.39, 0.29) is 24.0 Å². The molecule has 0 aliphatic rings. The highest BCUT2D eigenvalue weighted by Crippen LogP contribution is 2.26. The predicted octanol–water partition coefficient (Wildman–Crippen LogP) is 4.98. The van der Waals surface area contributed by atoms with Gasteiger partial charge < -0.3 is 9.64 Å². The highest BCUT2D eigenvalue weighted by atomic mass is 16.6. The number of rotatable bonds is 10. The molecule has 0 heterocycles. The van der Waals surface area contributed by atoms with Crippen LogP contribution in [-0.4, -0.2) is 22.3 Å². The number of para-hydroxylation sites is 2. The van der Waals surface area contributed by atoms with Crippen molar-refractivity contribution in [2.75, 3.05) is 6.61 Å². The molecule has 3 rings (SSSR count). The van der Waals surface area contributed by atoms with E-state index in [0.717, 1.165) is 11.1 Å². The van der Waals surface area contributed by atoms with Crippen molar-refractivity contribution in [3.63, 3.8) is 0 Å². The predicted molar refractivity (Wildman–Crippen MR) is 115 cm³/mol. The molecule has 0 atom stereocenters. The Hall–Kier alpha value is -3.67. The summed E-state index contributed by atoms with van der Waals surface area (Å²) in [6.07, 6.45) is 0.783. The molecule has 3 aromatic carbocycles. The molecule has 0 saturated heterocycles. The second-order valence-electron chi connectivity index (χ2n) is 6.90. The van der Waals surface area contributed by atoms with Crippen LogP contribution in [0, 0.1) is 10.1 Å². The van der Waals surface area contributed by atoms with Gasteiger partial charge in [0.25, 0.3) is 0 Å². The van der Waals surface area contributed by atoms with Gasteiger partial charge in [0.2, 0.25) is 5.91 Å². The van der Waals surface area contributed by atoms with Crippen molar-refractivity contribution in [3.05, 3.63) is 106 Å². The lowest BCUT2D eigenvalue weighted by Gasteiger charge is -2.23. The number of hydrogen-bond acceptors (Lipinski definition) is 4. The Morgan fingerprint density at radius 1 is 0.833 bits per heavy atom. The van der Waals surface area contributed by atoms with Gasteiger partial charge in [0.1, 0.15) is 0 Å². The Balaban J connectivity index is 1.58. The first-order chi connectivity index (χ1) is 14.6. The number of nitro groups is 1. The normalized spacial score (nSPS) is 10.4. The van der Waals surface area contributed by atoms with Crippen LogP contribution in [0.4, 0.5) is 5.69 Å². The molecule has 3 aromatic rings. The highest BCUT2D eigenvalue weighted by Gasteiger charge is 2.16. The van der Waals surface area contributed by atoms with Gasteiger partial charge in [-0.3, -0.25) is 14.9 Å². The Morgan fingerprint density at radius 3 is 1.93 bits per heavy atom. The fraction of sp³-hybridized carbons (Fsp3) is 0.208. The van der Waals surface area contributed by atoms with Crippen LogP contribution in [0.2, 0.25) is 0 Å². The Morgan fingerprint density at radius 2 is 1.37 bits per heavy atom. The Kier molecular flexibility index (Phi) is 7.55. The molecule has 0 fully saturated rings. The van der Waals surface area contributed by atoms with Crippen LogP contribution in [0.1, 0.15) is 24.0 Å². The molecule has 6 nitrogen and oxygen atoms in total. The van der Waals surface area contributed by atoms with Gasteiger partial charge in [-0.05, 0) is 23.6 Å². The van der Waals surface area contributed by atoms with Crippen LogP contribution >= 0.6 is 0 Å². The topological polar surface area (TPSA) is 72.7 Å². The second kappa shape index (κ2) is 10.8. The zero-order valence-electron chi connectivity index (χ0n) is 16.6. The van der Waals surface area contributed by atoms with Gasteiger partial charge in [-0.2, -0.15) is 0 Å². The smallest absolute Gasteiger partial charge is 0.310 e. The maximum Gasteiger partial charge on any atom is 0.310 e. The zero-order chi connectivity index (χ0) is 21.2. The van der Waals surface area contributed by atoms with Crippen LogP contribution in [-0.2, 0) is 17.9 Å². The fourth-order valence-corrected chi connectivity index (χ4v) is 3.13. The van der Waals surface area contributed by atoms with Crippen molar-refractivity contribution in [2.45, 2.75) is 25.9 Å². The van der Waals surface area contributed by atoms with E-state index in [1.54, 1.807) is 18.2 Å². The van der Waals surface area contributed by atoms with E-state index in [1.807, 2.05) is 65.6 Å². The van der Waals surface area contributed by atoms with Crippen molar-refractivity contribution in [1.82, 2.24) is 4.90 Å². The van der Waals surface area contributed by atoms with Gasteiger partial charge in [-0.1, -0.05) is 72.8 Å². The SMILES string of the molecule is O=C(CCCOc1ccccc1[N+](=O)[O-])N(Cc1ccccc1)Cc1ccccc1. The molecule has 0 aliphatic heterocycles. The highest BCUT2D eigenvalue weighted by molar-refractivity contribution is 5.76. The monoisotopic (exact) mass is 404 g/mol. The van der Waals surface area contributed by atoms with E-state index in [0.29, 0.717) is 25.9 Å². The summed E-state index contributed by atoms with van der Waals surface area (Å²) in [5, 5.41) is 11.1. The van der Waals surface area contributed by atoms with Crippen LogP contribution in [0.25, 0.3) is 0 Å². The van der Waals surface area contributed by atoms with E-state index in [4.69, 9.17) is 4.74 Å². The molecule has 30 heavy (non-hydrogen) atoms. The Labute approximate surface area is 175 Å². The van der Waals surface area contributed by atoms with Crippen LogP contribution in [0.5, 0.6) is 5.75 Å². The van der Waals surface area contributed by atoms with E-state index in [9.17, 15) is 14.9 Å². The number of carbonyl (C=O) groups excluding carboxylic acids is 1. The van der Waals surface area contributed by atoms with Crippen molar-refractivity contribution in [1.29, 1.82) is 0 Å². The molecule has 0 saturated carbocycles. The third kappa shape index (κ3) is 6.17. The molecule has 6 heteroatoms. The van der Waals surface area contributed by atoms with Crippen LogP contribution < -0.4 is 4.74 Å². The molecule has 0 aliphatic carbocycles. The van der Waals surface area contributed by atoms with Gasteiger partial charge in [0.05, 0.1) is 11.5 Å². The van der Waals surface area contributed by atoms with Crippen molar-refractivity contribution in [3.8, 4) is 5.75 Å². The minimum Gasteiger partial charge on any atom is -0.487 e. The summed E-state index contributed by atoms with van der Waals surface area (Å²) in [5.74, 6) is 0.245. The molecule has 0 unspecified atom stereocenters. The molecule has 0 aromatic heterocycles.